The molecule has 12 heavy (non-hydrogen) atoms. The average molecular weight is 166 g/mol. The van der Waals surface area contributed by atoms with E-state index in [1.165, 1.54) is 6.08 Å². The first-order valence-corrected chi connectivity index (χ1v) is 3.64. The zero-order chi connectivity index (χ0) is 9.19. The Hall–Kier alpha value is -1.38. The molecular formula is C9H10O3. The largest absolute Gasteiger partial charge is 0.512 e. The normalized spacial score (nSPS) is 20.8. The first-order valence-electron chi connectivity index (χ1n) is 3.64. The Balaban J connectivity index is 3.09. The number of carbonyl (C=O) groups excluding carboxylic acids is 2. The minimum atomic E-state index is -1.13. The van der Waals surface area contributed by atoms with Crippen LogP contribution in [0.15, 0.2) is 23.5 Å². The molecule has 3 heteroatoms. The molecule has 64 valence electrons. The Labute approximate surface area is 70.4 Å². The molecule has 0 aromatic rings. The van der Waals surface area contributed by atoms with Crippen LogP contribution in [-0.2, 0) is 9.59 Å². The molecule has 1 rings (SSSR count). The molecule has 0 spiro atoms. The number of rotatable bonds is 2. The van der Waals surface area contributed by atoms with Gasteiger partial charge in [-0.05, 0) is 13.0 Å². The van der Waals surface area contributed by atoms with E-state index in [2.05, 4.69) is 0 Å². The summed E-state index contributed by atoms with van der Waals surface area (Å²) in [5.41, 5.74) is -0.455. The van der Waals surface area contributed by atoms with Crippen LogP contribution < -0.4 is 0 Å². The number of carbonyl (C=O) groups is 2. The lowest BCUT2D eigenvalue weighted by atomic mass is 9.77. The van der Waals surface area contributed by atoms with Gasteiger partial charge in [0, 0.05) is 6.42 Å². The summed E-state index contributed by atoms with van der Waals surface area (Å²) in [6, 6.07) is 0. The molecule has 0 unspecified atom stereocenters. The zero-order valence-corrected chi connectivity index (χ0v) is 6.78. The van der Waals surface area contributed by atoms with Crippen molar-refractivity contribution in [2.24, 2.45) is 5.41 Å². The van der Waals surface area contributed by atoms with Crippen LogP contribution >= 0.6 is 0 Å². The van der Waals surface area contributed by atoms with Crippen LogP contribution in [0.5, 0.6) is 0 Å². The molecule has 1 aliphatic carbocycles. The van der Waals surface area contributed by atoms with Crippen molar-refractivity contribution in [1.29, 1.82) is 0 Å². The van der Waals surface area contributed by atoms with Crippen molar-refractivity contribution in [2.45, 2.75) is 13.3 Å². The molecule has 0 amide bonds. The molecule has 0 heterocycles. The second-order valence-corrected chi connectivity index (χ2v) is 2.96. The summed E-state index contributed by atoms with van der Waals surface area (Å²) < 4.78 is 0. The molecule has 0 aromatic heterocycles. The van der Waals surface area contributed by atoms with Crippen molar-refractivity contribution in [3.63, 3.8) is 0 Å². The van der Waals surface area contributed by atoms with Crippen molar-refractivity contribution in [1.82, 2.24) is 0 Å². The first-order chi connectivity index (χ1) is 5.64. The highest BCUT2D eigenvalue weighted by Crippen LogP contribution is 2.32. The average Bonchev–Trinajstić information content (AvgIpc) is 2.09. The fourth-order valence-corrected chi connectivity index (χ4v) is 1.17. The molecule has 0 aromatic carbocycles. The van der Waals surface area contributed by atoms with Gasteiger partial charge in [0.25, 0.3) is 0 Å². The molecule has 3 nitrogen and oxygen atoms in total. The Morgan fingerprint density at radius 2 is 2.00 bits per heavy atom. The van der Waals surface area contributed by atoms with E-state index in [1.54, 1.807) is 13.0 Å². The fraction of sp³-hybridized carbons (Fsp3) is 0.333. The maximum absolute atomic E-state index is 10.7. The van der Waals surface area contributed by atoms with E-state index in [-0.39, 0.29) is 12.2 Å². The van der Waals surface area contributed by atoms with Gasteiger partial charge in [0.05, 0.1) is 5.76 Å². The lowest BCUT2D eigenvalue weighted by Crippen LogP contribution is -2.28. The van der Waals surface area contributed by atoms with E-state index in [9.17, 15) is 9.59 Å². The van der Waals surface area contributed by atoms with Gasteiger partial charge in [0.2, 0.25) is 0 Å². The van der Waals surface area contributed by atoms with Gasteiger partial charge < -0.3 is 14.7 Å². The lowest BCUT2D eigenvalue weighted by molar-refractivity contribution is -0.124. The molecule has 0 bridgehead atoms. The van der Waals surface area contributed by atoms with E-state index in [4.69, 9.17) is 5.11 Å². The summed E-state index contributed by atoms with van der Waals surface area (Å²) in [5, 5.41) is 9.12. The first kappa shape index (κ1) is 8.71. The van der Waals surface area contributed by atoms with Gasteiger partial charge in [-0.25, -0.2) is 0 Å². The molecule has 0 aliphatic heterocycles. The predicted molar refractivity (Wildman–Crippen MR) is 43.6 cm³/mol. The summed E-state index contributed by atoms with van der Waals surface area (Å²) in [5.74, 6) is 0.0693. The van der Waals surface area contributed by atoms with Crippen molar-refractivity contribution in [3.8, 4) is 0 Å². The molecule has 0 fully saturated rings. The van der Waals surface area contributed by atoms with Crippen molar-refractivity contribution >= 4 is 12.6 Å². The van der Waals surface area contributed by atoms with Crippen LogP contribution in [0, 0.1) is 5.41 Å². The molecule has 0 radical (unpaired) electrons. The lowest BCUT2D eigenvalue weighted by Gasteiger charge is -2.24. The number of aliphatic hydroxyl groups excluding tert-OH is 1. The second-order valence-electron chi connectivity index (χ2n) is 2.96. The number of aldehydes is 2. The van der Waals surface area contributed by atoms with Crippen molar-refractivity contribution in [3.05, 3.63) is 23.5 Å². The van der Waals surface area contributed by atoms with E-state index < -0.39 is 5.41 Å². The van der Waals surface area contributed by atoms with Crippen LogP contribution in [0.1, 0.15) is 13.3 Å². The molecule has 0 saturated heterocycles. The van der Waals surface area contributed by atoms with Crippen LogP contribution in [-0.4, -0.2) is 17.7 Å². The van der Waals surface area contributed by atoms with Crippen molar-refractivity contribution in [2.75, 3.05) is 0 Å². The van der Waals surface area contributed by atoms with Gasteiger partial charge in [0.15, 0.2) is 0 Å². The van der Waals surface area contributed by atoms with Gasteiger partial charge in [-0.2, -0.15) is 0 Å². The van der Waals surface area contributed by atoms with Gasteiger partial charge >= 0.3 is 0 Å². The van der Waals surface area contributed by atoms with Gasteiger partial charge in [-0.1, -0.05) is 11.6 Å². The minimum absolute atomic E-state index is 0.0693. The smallest absolute Gasteiger partial charge is 0.137 e. The molecule has 0 saturated carbocycles. The standard InChI is InChI=1S/C9H10O3/c1-7-2-3-8(12)4-9(7,5-10)6-11/h2-3,5-6,12H,4H2,1H3. The Morgan fingerprint density at radius 1 is 1.42 bits per heavy atom. The van der Waals surface area contributed by atoms with Crippen molar-refractivity contribution < 1.29 is 14.7 Å². The van der Waals surface area contributed by atoms with Crippen LogP contribution in [0.3, 0.4) is 0 Å². The molecular weight excluding hydrogens is 156 g/mol. The number of hydrogen-bond donors (Lipinski definition) is 1. The zero-order valence-electron chi connectivity index (χ0n) is 6.78. The van der Waals surface area contributed by atoms with E-state index in [0.29, 0.717) is 18.1 Å². The number of hydrogen-bond acceptors (Lipinski definition) is 3. The van der Waals surface area contributed by atoms with E-state index in [0.717, 1.165) is 0 Å². The number of aliphatic hydroxyl groups is 1. The van der Waals surface area contributed by atoms with E-state index in [1.807, 2.05) is 0 Å². The minimum Gasteiger partial charge on any atom is -0.512 e. The third-order valence-electron chi connectivity index (χ3n) is 2.15. The Morgan fingerprint density at radius 3 is 2.42 bits per heavy atom. The molecule has 1 N–H and O–H groups in total. The quantitative estimate of drug-likeness (QED) is 0.494. The van der Waals surface area contributed by atoms with Gasteiger partial charge in [0.1, 0.15) is 18.0 Å². The highest BCUT2D eigenvalue weighted by atomic mass is 16.3. The SMILES string of the molecule is CC1=CC=C(O)CC1(C=O)C=O. The maximum Gasteiger partial charge on any atom is 0.137 e. The van der Waals surface area contributed by atoms with E-state index >= 15 is 0 Å². The summed E-state index contributed by atoms with van der Waals surface area (Å²) in [7, 11) is 0. The predicted octanol–water partition coefficient (Wildman–Crippen LogP) is 1.16. The number of allylic oxidation sites excluding steroid dienone is 4. The Kier molecular flexibility index (Phi) is 2.13. The Bertz CT molecular complexity index is 265. The molecule has 1 aliphatic rings. The highest BCUT2D eigenvalue weighted by Gasteiger charge is 2.34. The molecule has 0 atom stereocenters. The highest BCUT2D eigenvalue weighted by molar-refractivity contribution is 5.89. The summed E-state index contributed by atoms with van der Waals surface area (Å²) in [6.45, 7) is 1.70. The van der Waals surface area contributed by atoms with Gasteiger partial charge in [-0.15, -0.1) is 0 Å². The third-order valence-corrected chi connectivity index (χ3v) is 2.15. The second kappa shape index (κ2) is 2.93. The van der Waals surface area contributed by atoms with Crippen LogP contribution in [0.4, 0.5) is 0 Å². The van der Waals surface area contributed by atoms with Crippen LogP contribution in [0.2, 0.25) is 0 Å². The van der Waals surface area contributed by atoms with Gasteiger partial charge in [-0.3, -0.25) is 0 Å². The monoisotopic (exact) mass is 166 g/mol. The summed E-state index contributed by atoms with van der Waals surface area (Å²) in [4.78, 5) is 21.3. The summed E-state index contributed by atoms with van der Waals surface area (Å²) >= 11 is 0. The van der Waals surface area contributed by atoms with Crippen LogP contribution in [0.25, 0.3) is 0 Å². The maximum atomic E-state index is 10.7. The topological polar surface area (TPSA) is 54.4 Å². The third kappa shape index (κ3) is 1.18. The fourth-order valence-electron chi connectivity index (χ4n) is 1.17. The summed E-state index contributed by atoms with van der Waals surface area (Å²) in [6.07, 6.45) is 4.33.